The van der Waals surface area contributed by atoms with Gasteiger partial charge in [0.25, 0.3) is 0 Å². The fraction of sp³-hybridized carbons (Fsp3) is 0.469. The zero-order chi connectivity index (χ0) is 29.9. The summed E-state index contributed by atoms with van der Waals surface area (Å²) in [7, 11) is 0. The summed E-state index contributed by atoms with van der Waals surface area (Å²) < 4.78 is 21.8. The molecular formula is C32H34ClFN8O. The number of fused-ring (bicyclic) bond motifs is 1. The summed E-state index contributed by atoms with van der Waals surface area (Å²) in [5.41, 5.74) is 4.43. The third-order valence-corrected chi connectivity index (χ3v) is 9.70. The van der Waals surface area contributed by atoms with Crippen LogP contribution in [0.4, 0.5) is 15.8 Å². The van der Waals surface area contributed by atoms with Crippen LogP contribution >= 0.6 is 11.6 Å². The Morgan fingerprint density at radius 3 is 2.72 bits per heavy atom. The molecule has 9 nitrogen and oxygen atoms in total. The fourth-order valence-electron chi connectivity index (χ4n) is 6.58. The van der Waals surface area contributed by atoms with Crippen LogP contribution in [-0.2, 0) is 10.3 Å². The van der Waals surface area contributed by atoms with E-state index in [1.165, 1.54) is 18.9 Å². The maximum Gasteiger partial charge on any atom is 0.213 e. The molecule has 1 saturated heterocycles. The Bertz CT molecular complexity index is 1760. The standard InChI is InChI=1S/C32H34ClFN8O/c1-18-22(6-7-27(34)37-18)30(25-16-42(41-40-25)32(9-10-32)20-4-5-20)38-21-12-23-28(39-26-8-11-43-17-31(26,2)3)19(14-35)15-36-29(23)24(33)13-21/h6-7,12-13,15-16,20,26,30,38H,4-5,8-11,17H2,1-3H3,(H,36,39)/t26-,30+/m1/s1. The lowest BCUT2D eigenvalue weighted by atomic mass is 9.81. The first-order valence-electron chi connectivity index (χ1n) is 14.9. The number of aromatic nitrogens is 5. The van der Waals surface area contributed by atoms with Crippen LogP contribution in [0.3, 0.4) is 0 Å². The number of aryl methyl sites for hydroxylation is 1. The molecule has 0 spiro atoms. The van der Waals surface area contributed by atoms with Gasteiger partial charge in [0, 0.05) is 46.6 Å². The zero-order valence-electron chi connectivity index (χ0n) is 24.5. The molecule has 4 aromatic rings. The van der Waals surface area contributed by atoms with E-state index in [1.54, 1.807) is 19.2 Å². The third-order valence-electron chi connectivity index (χ3n) is 9.41. The van der Waals surface area contributed by atoms with E-state index in [0.717, 1.165) is 30.2 Å². The van der Waals surface area contributed by atoms with Gasteiger partial charge in [0.1, 0.15) is 11.8 Å². The van der Waals surface area contributed by atoms with Crippen LogP contribution in [0.2, 0.25) is 5.02 Å². The lowest BCUT2D eigenvalue weighted by molar-refractivity contribution is 0.00350. The number of nitrogens with zero attached hydrogens (tertiary/aromatic N) is 6. The maximum absolute atomic E-state index is 14.1. The number of benzene rings is 1. The first-order valence-corrected chi connectivity index (χ1v) is 15.3. The van der Waals surface area contributed by atoms with Crippen LogP contribution in [0.5, 0.6) is 0 Å². The molecule has 3 aromatic heterocycles. The van der Waals surface area contributed by atoms with Crippen molar-refractivity contribution in [3.05, 3.63) is 70.1 Å². The molecule has 3 fully saturated rings. The number of ether oxygens (including phenoxy) is 1. The zero-order valence-corrected chi connectivity index (χ0v) is 25.2. The van der Waals surface area contributed by atoms with Gasteiger partial charge in [-0.15, -0.1) is 5.10 Å². The lowest BCUT2D eigenvalue weighted by Crippen LogP contribution is -2.44. The molecule has 1 aromatic carbocycles. The largest absolute Gasteiger partial charge is 0.381 e. The Balaban J connectivity index is 1.30. The van der Waals surface area contributed by atoms with Crippen molar-refractivity contribution in [3.63, 3.8) is 0 Å². The van der Waals surface area contributed by atoms with E-state index in [2.05, 4.69) is 50.8 Å². The summed E-state index contributed by atoms with van der Waals surface area (Å²) in [6.07, 6.45) is 9.08. The number of pyridine rings is 2. The number of hydrogen-bond donors (Lipinski definition) is 2. The van der Waals surface area contributed by atoms with E-state index < -0.39 is 12.0 Å². The van der Waals surface area contributed by atoms with Gasteiger partial charge in [-0.05, 0) is 63.1 Å². The second-order valence-corrected chi connectivity index (χ2v) is 13.3. The Morgan fingerprint density at radius 2 is 2.02 bits per heavy atom. The SMILES string of the molecule is Cc1nc(F)ccc1[C@H](Nc1cc(Cl)c2ncc(C#N)c(N[C@@H]3CCOCC3(C)C)c2c1)c1cn(C2(C3CC3)CC2)nn1. The molecule has 43 heavy (non-hydrogen) atoms. The van der Waals surface area contributed by atoms with Crippen LogP contribution in [0, 0.1) is 35.5 Å². The molecule has 222 valence electrons. The van der Waals surface area contributed by atoms with Gasteiger partial charge < -0.3 is 15.4 Å². The van der Waals surface area contributed by atoms with Gasteiger partial charge in [-0.1, -0.05) is 36.7 Å². The third kappa shape index (κ3) is 5.08. The van der Waals surface area contributed by atoms with Crippen molar-refractivity contribution in [1.29, 1.82) is 5.26 Å². The molecule has 3 aliphatic rings. The summed E-state index contributed by atoms with van der Waals surface area (Å²) in [6.45, 7) is 7.38. The predicted molar refractivity (Wildman–Crippen MR) is 162 cm³/mol. The van der Waals surface area contributed by atoms with E-state index in [4.69, 9.17) is 16.3 Å². The normalized spacial score (nSPS) is 21.3. The molecular weight excluding hydrogens is 567 g/mol. The molecule has 1 aliphatic heterocycles. The van der Waals surface area contributed by atoms with Crippen LogP contribution < -0.4 is 10.6 Å². The Morgan fingerprint density at radius 1 is 1.21 bits per heavy atom. The highest BCUT2D eigenvalue weighted by Crippen LogP contribution is 2.59. The summed E-state index contributed by atoms with van der Waals surface area (Å²) >= 11 is 6.84. The second kappa shape index (κ2) is 10.4. The number of nitriles is 1. The molecule has 2 aliphatic carbocycles. The summed E-state index contributed by atoms with van der Waals surface area (Å²) in [6, 6.07) is 8.80. The molecule has 0 amide bonds. The van der Waals surface area contributed by atoms with Gasteiger partial charge in [0.15, 0.2) is 0 Å². The van der Waals surface area contributed by atoms with Gasteiger partial charge in [-0.2, -0.15) is 9.65 Å². The highest BCUT2D eigenvalue weighted by Gasteiger charge is 2.56. The van der Waals surface area contributed by atoms with E-state index >= 15 is 0 Å². The average molecular weight is 601 g/mol. The molecule has 7 rings (SSSR count). The summed E-state index contributed by atoms with van der Waals surface area (Å²) in [5, 5.41) is 27.6. The fourth-order valence-corrected chi connectivity index (χ4v) is 6.84. The molecule has 0 bridgehead atoms. The first-order chi connectivity index (χ1) is 20.7. The molecule has 2 saturated carbocycles. The minimum Gasteiger partial charge on any atom is -0.381 e. The molecule has 2 N–H and O–H groups in total. The van der Waals surface area contributed by atoms with Gasteiger partial charge in [0.05, 0.1) is 46.2 Å². The highest BCUT2D eigenvalue weighted by atomic mass is 35.5. The minimum atomic E-state index is -0.537. The van der Waals surface area contributed by atoms with Crippen LogP contribution in [0.25, 0.3) is 10.9 Å². The minimum absolute atomic E-state index is 0.0794. The number of hydrogen-bond acceptors (Lipinski definition) is 8. The van der Waals surface area contributed by atoms with Crippen molar-refractivity contribution >= 4 is 33.9 Å². The first kappa shape index (κ1) is 28.0. The van der Waals surface area contributed by atoms with Gasteiger partial charge in [-0.3, -0.25) is 4.98 Å². The van der Waals surface area contributed by atoms with E-state index in [1.807, 2.05) is 23.0 Å². The van der Waals surface area contributed by atoms with Crippen LogP contribution in [0.1, 0.15) is 74.5 Å². The molecule has 4 heterocycles. The van der Waals surface area contributed by atoms with Crippen molar-refractivity contribution in [3.8, 4) is 6.07 Å². The number of anilines is 2. The van der Waals surface area contributed by atoms with Crippen molar-refractivity contribution in [2.45, 2.75) is 70.5 Å². The Hall–Kier alpha value is -3.81. The number of halogens is 2. The summed E-state index contributed by atoms with van der Waals surface area (Å²) in [5.74, 6) is 0.125. The molecule has 0 unspecified atom stereocenters. The number of nitrogens with one attached hydrogen (secondary N) is 2. The average Bonchev–Trinajstić information content (AvgIpc) is 3.91. The van der Waals surface area contributed by atoms with Gasteiger partial charge in [0.2, 0.25) is 5.95 Å². The van der Waals surface area contributed by atoms with Crippen molar-refractivity contribution < 1.29 is 9.13 Å². The van der Waals surface area contributed by atoms with E-state index in [-0.39, 0.29) is 17.0 Å². The molecule has 2 atom stereocenters. The lowest BCUT2D eigenvalue weighted by Gasteiger charge is -2.39. The second-order valence-electron chi connectivity index (χ2n) is 12.9. The number of rotatable bonds is 8. The van der Waals surface area contributed by atoms with E-state index in [0.29, 0.717) is 58.0 Å². The Kier molecular flexibility index (Phi) is 6.78. The van der Waals surface area contributed by atoms with Crippen LogP contribution in [-0.4, -0.2) is 44.2 Å². The topological polar surface area (TPSA) is 114 Å². The molecule has 11 heteroatoms. The van der Waals surface area contributed by atoms with Crippen LogP contribution in [0.15, 0.2) is 36.7 Å². The predicted octanol–water partition coefficient (Wildman–Crippen LogP) is 6.52. The van der Waals surface area contributed by atoms with Crippen molar-refractivity contribution in [1.82, 2.24) is 25.0 Å². The van der Waals surface area contributed by atoms with Gasteiger partial charge in [-0.25, -0.2) is 9.67 Å². The van der Waals surface area contributed by atoms with Crippen molar-refractivity contribution in [2.75, 3.05) is 23.8 Å². The highest BCUT2D eigenvalue weighted by molar-refractivity contribution is 6.35. The Labute approximate surface area is 254 Å². The van der Waals surface area contributed by atoms with Crippen molar-refractivity contribution in [2.24, 2.45) is 11.3 Å². The summed E-state index contributed by atoms with van der Waals surface area (Å²) in [4.78, 5) is 8.63. The van der Waals surface area contributed by atoms with Gasteiger partial charge >= 0.3 is 0 Å². The monoisotopic (exact) mass is 600 g/mol. The maximum atomic E-state index is 14.1. The van der Waals surface area contributed by atoms with E-state index in [9.17, 15) is 9.65 Å². The quantitative estimate of drug-likeness (QED) is 0.220. The molecule has 0 radical (unpaired) electrons. The smallest absolute Gasteiger partial charge is 0.213 e.